The summed E-state index contributed by atoms with van der Waals surface area (Å²) in [7, 11) is 0. The van der Waals surface area contributed by atoms with Crippen LogP contribution in [0.25, 0.3) is 0 Å². The van der Waals surface area contributed by atoms with Gasteiger partial charge in [-0.05, 0) is 63.0 Å². The Morgan fingerprint density at radius 1 is 1.29 bits per heavy atom. The molecule has 3 atom stereocenters. The monoisotopic (exact) mass is 285 g/mol. The van der Waals surface area contributed by atoms with E-state index in [0.29, 0.717) is 5.92 Å². The lowest BCUT2D eigenvalue weighted by Crippen LogP contribution is -2.49. The fraction of sp³-hybridized carbons (Fsp3) is 0.632. The van der Waals surface area contributed by atoms with Crippen molar-refractivity contribution in [2.24, 2.45) is 11.8 Å². The highest BCUT2D eigenvalue weighted by Gasteiger charge is 2.47. The highest BCUT2D eigenvalue weighted by atomic mass is 16.2. The number of aryl methyl sites for hydroxylation is 1. The van der Waals surface area contributed by atoms with Crippen LogP contribution in [0.15, 0.2) is 24.3 Å². The maximum atomic E-state index is 13.0. The van der Waals surface area contributed by atoms with Crippen molar-refractivity contribution in [3.05, 3.63) is 35.4 Å². The number of rotatable bonds is 2. The van der Waals surface area contributed by atoms with Gasteiger partial charge in [0.2, 0.25) is 0 Å². The lowest BCUT2D eigenvalue weighted by atomic mass is 9.81. The Morgan fingerprint density at radius 3 is 2.71 bits per heavy atom. The first-order chi connectivity index (χ1) is 10.0. The van der Waals surface area contributed by atoms with Gasteiger partial charge in [0.1, 0.15) is 0 Å². The van der Waals surface area contributed by atoms with Gasteiger partial charge in [0.05, 0.1) is 0 Å². The van der Waals surface area contributed by atoms with Crippen molar-refractivity contribution in [1.29, 1.82) is 0 Å². The average molecular weight is 285 g/mol. The molecule has 2 aliphatic rings. The molecular weight excluding hydrogens is 258 g/mol. The molecule has 1 amide bonds. The molecule has 0 radical (unpaired) electrons. The molecule has 2 nitrogen and oxygen atoms in total. The summed E-state index contributed by atoms with van der Waals surface area (Å²) in [5, 5.41) is 0. The maximum Gasteiger partial charge on any atom is 0.254 e. The Hall–Kier alpha value is -1.31. The summed E-state index contributed by atoms with van der Waals surface area (Å²) >= 11 is 0. The molecule has 0 N–H and O–H groups in total. The van der Waals surface area contributed by atoms with Crippen molar-refractivity contribution in [3.63, 3.8) is 0 Å². The summed E-state index contributed by atoms with van der Waals surface area (Å²) in [6.45, 7) is 7.65. The standard InChI is InChI=1S/C19H27NO/c1-14-9-10-16(13-14)19(3)11-6-12-20(19)18(21)17-8-5-4-7-15(17)2/h4-5,7-8,14,16H,6,9-13H2,1-3H3/t14?,16?,19-/m0/s1. The predicted octanol–water partition coefficient (Wildman–Crippen LogP) is 4.43. The molecule has 0 bridgehead atoms. The second-order valence-electron chi connectivity index (χ2n) is 7.35. The third-order valence-corrected chi connectivity index (χ3v) is 5.88. The third kappa shape index (κ3) is 2.49. The van der Waals surface area contributed by atoms with Gasteiger partial charge in [-0.1, -0.05) is 31.5 Å². The van der Waals surface area contributed by atoms with Gasteiger partial charge in [-0.15, -0.1) is 0 Å². The van der Waals surface area contributed by atoms with Crippen molar-refractivity contribution in [2.75, 3.05) is 6.54 Å². The van der Waals surface area contributed by atoms with Gasteiger partial charge in [-0.2, -0.15) is 0 Å². The number of hydrogen-bond acceptors (Lipinski definition) is 1. The van der Waals surface area contributed by atoms with E-state index in [2.05, 4.69) is 18.7 Å². The Morgan fingerprint density at radius 2 is 2.05 bits per heavy atom. The minimum absolute atomic E-state index is 0.0735. The maximum absolute atomic E-state index is 13.0. The molecule has 2 unspecified atom stereocenters. The molecule has 1 aromatic rings. The summed E-state index contributed by atoms with van der Waals surface area (Å²) in [5.74, 6) is 1.75. The summed E-state index contributed by atoms with van der Waals surface area (Å²) in [6, 6.07) is 8.01. The van der Waals surface area contributed by atoms with Gasteiger partial charge in [-0.25, -0.2) is 0 Å². The van der Waals surface area contributed by atoms with Crippen LogP contribution >= 0.6 is 0 Å². The zero-order valence-corrected chi connectivity index (χ0v) is 13.6. The molecule has 1 saturated heterocycles. The van der Waals surface area contributed by atoms with Crippen molar-refractivity contribution < 1.29 is 4.79 Å². The third-order valence-electron chi connectivity index (χ3n) is 5.88. The van der Waals surface area contributed by atoms with E-state index in [1.165, 1.54) is 25.7 Å². The van der Waals surface area contributed by atoms with Gasteiger partial charge in [-0.3, -0.25) is 4.79 Å². The minimum atomic E-state index is 0.0735. The zero-order valence-electron chi connectivity index (χ0n) is 13.6. The fourth-order valence-corrected chi connectivity index (χ4v) is 4.47. The van der Waals surface area contributed by atoms with Gasteiger partial charge in [0.15, 0.2) is 0 Å². The van der Waals surface area contributed by atoms with E-state index in [1.54, 1.807) is 0 Å². The first-order valence-corrected chi connectivity index (χ1v) is 8.40. The molecule has 1 heterocycles. The van der Waals surface area contributed by atoms with E-state index in [-0.39, 0.29) is 11.4 Å². The lowest BCUT2D eigenvalue weighted by Gasteiger charge is -2.41. The average Bonchev–Trinajstić information content (AvgIpc) is 3.06. The summed E-state index contributed by atoms with van der Waals surface area (Å²) in [5.41, 5.74) is 2.05. The molecule has 1 aromatic carbocycles. The SMILES string of the molecule is Cc1ccccc1C(=O)N1CCC[C@@]1(C)C1CCC(C)C1. The molecule has 0 aromatic heterocycles. The van der Waals surface area contributed by atoms with Crippen LogP contribution in [0, 0.1) is 18.8 Å². The van der Waals surface area contributed by atoms with Crippen molar-refractivity contribution in [1.82, 2.24) is 4.90 Å². The fourth-order valence-electron chi connectivity index (χ4n) is 4.47. The second-order valence-corrected chi connectivity index (χ2v) is 7.35. The van der Waals surface area contributed by atoms with Crippen LogP contribution in [0.3, 0.4) is 0 Å². The quantitative estimate of drug-likeness (QED) is 0.787. The van der Waals surface area contributed by atoms with E-state index < -0.39 is 0 Å². The number of carbonyl (C=O) groups excluding carboxylic acids is 1. The Labute approximate surface area is 128 Å². The second kappa shape index (κ2) is 5.47. The lowest BCUT2D eigenvalue weighted by molar-refractivity contribution is 0.0488. The van der Waals surface area contributed by atoms with Gasteiger partial charge < -0.3 is 4.90 Å². The highest BCUT2D eigenvalue weighted by molar-refractivity contribution is 5.96. The number of nitrogens with zero attached hydrogens (tertiary/aromatic N) is 1. The predicted molar refractivity (Wildman–Crippen MR) is 86.4 cm³/mol. The van der Waals surface area contributed by atoms with Crippen LogP contribution < -0.4 is 0 Å². The smallest absolute Gasteiger partial charge is 0.254 e. The van der Waals surface area contributed by atoms with Crippen LogP contribution in [0.5, 0.6) is 0 Å². The van der Waals surface area contributed by atoms with E-state index >= 15 is 0 Å². The van der Waals surface area contributed by atoms with Gasteiger partial charge >= 0.3 is 0 Å². The number of carbonyl (C=O) groups is 1. The molecule has 2 heteroatoms. The van der Waals surface area contributed by atoms with E-state index in [9.17, 15) is 4.79 Å². The zero-order chi connectivity index (χ0) is 15.0. The first kappa shape index (κ1) is 14.6. The van der Waals surface area contributed by atoms with Crippen molar-refractivity contribution >= 4 is 5.91 Å². The number of amides is 1. The molecule has 0 spiro atoms. The van der Waals surface area contributed by atoms with Crippen LogP contribution in [-0.4, -0.2) is 22.9 Å². The highest BCUT2D eigenvalue weighted by Crippen LogP contribution is 2.46. The molecule has 114 valence electrons. The molecule has 1 aliphatic carbocycles. The van der Waals surface area contributed by atoms with Crippen LogP contribution in [0.1, 0.15) is 61.9 Å². The molecule has 2 fully saturated rings. The molecule has 3 rings (SSSR count). The Balaban J connectivity index is 1.87. The summed E-state index contributed by atoms with van der Waals surface area (Å²) in [4.78, 5) is 15.2. The van der Waals surface area contributed by atoms with E-state index in [1.807, 2.05) is 31.2 Å². The first-order valence-electron chi connectivity index (χ1n) is 8.40. The largest absolute Gasteiger partial charge is 0.333 e. The molecular formula is C19H27NO. The van der Waals surface area contributed by atoms with Crippen LogP contribution in [-0.2, 0) is 0 Å². The number of likely N-dealkylation sites (tertiary alicyclic amines) is 1. The van der Waals surface area contributed by atoms with Crippen molar-refractivity contribution in [2.45, 2.75) is 58.4 Å². The number of hydrogen-bond donors (Lipinski definition) is 0. The van der Waals surface area contributed by atoms with Crippen LogP contribution in [0.4, 0.5) is 0 Å². The number of benzene rings is 1. The van der Waals surface area contributed by atoms with Crippen LogP contribution in [0.2, 0.25) is 0 Å². The van der Waals surface area contributed by atoms with Gasteiger partial charge in [0, 0.05) is 17.6 Å². The molecule has 1 saturated carbocycles. The van der Waals surface area contributed by atoms with E-state index in [4.69, 9.17) is 0 Å². The van der Waals surface area contributed by atoms with E-state index in [0.717, 1.165) is 30.0 Å². The molecule has 21 heavy (non-hydrogen) atoms. The van der Waals surface area contributed by atoms with Crippen molar-refractivity contribution in [3.8, 4) is 0 Å². The minimum Gasteiger partial charge on any atom is -0.333 e. The summed E-state index contributed by atoms with van der Waals surface area (Å²) < 4.78 is 0. The summed E-state index contributed by atoms with van der Waals surface area (Å²) in [6.07, 6.45) is 6.22. The molecule has 1 aliphatic heterocycles. The topological polar surface area (TPSA) is 20.3 Å². The Bertz CT molecular complexity index is 538. The Kier molecular flexibility index (Phi) is 3.81. The normalized spacial score (nSPS) is 32.6. The van der Waals surface area contributed by atoms with Gasteiger partial charge in [0.25, 0.3) is 5.91 Å².